The Kier molecular flexibility index (Phi) is 4.53. The number of likely N-dealkylation sites (tertiary alicyclic amines) is 1. The number of carbonyl (C=O) groups excluding carboxylic acids is 1. The Balaban J connectivity index is 1.50. The van der Waals surface area contributed by atoms with Crippen LogP contribution in [0.25, 0.3) is 11.0 Å². The molecule has 1 aliphatic heterocycles. The average Bonchev–Trinajstić information content (AvgIpc) is 3.15. The van der Waals surface area contributed by atoms with E-state index in [0.29, 0.717) is 24.2 Å². The molecule has 3 heterocycles. The van der Waals surface area contributed by atoms with Crippen LogP contribution in [0.4, 0.5) is 0 Å². The third-order valence-electron chi connectivity index (χ3n) is 4.80. The highest BCUT2D eigenvalue weighted by atomic mass is 16.4. The maximum atomic E-state index is 12.9. The lowest BCUT2D eigenvalue weighted by Gasteiger charge is -2.32. The summed E-state index contributed by atoms with van der Waals surface area (Å²) in [5, 5.41) is 13.2. The van der Waals surface area contributed by atoms with Gasteiger partial charge in [-0.3, -0.25) is 24.2 Å². The van der Waals surface area contributed by atoms with Gasteiger partial charge in [0.25, 0.3) is 5.91 Å². The van der Waals surface area contributed by atoms with E-state index in [1.165, 1.54) is 4.68 Å². The normalized spacial score (nSPS) is 17.2. The van der Waals surface area contributed by atoms with Gasteiger partial charge in [0.1, 0.15) is 6.54 Å². The molecule has 8 nitrogen and oxygen atoms in total. The molecule has 1 aromatic carbocycles. The number of carboxylic acids is 1. The Labute approximate surface area is 155 Å². The fourth-order valence-electron chi connectivity index (χ4n) is 3.50. The molecule has 1 saturated heterocycles. The Bertz CT molecular complexity index is 1000. The third-order valence-corrected chi connectivity index (χ3v) is 4.80. The maximum absolute atomic E-state index is 12.9. The average molecular weight is 365 g/mol. The van der Waals surface area contributed by atoms with Gasteiger partial charge in [-0.05, 0) is 37.1 Å². The molecule has 138 valence electrons. The highest BCUT2D eigenvalue weighted by Crippen LogP contribution is 2.27. The highest BCUT2D eigenvalue weighted by Gasteiger charge is 2.27. The first-order valence-corrected chi connectivity index (χ1v) is 8.85. The Morgan fingerprint density at radius 3 is 2.78 bits per heavy atom. The van der Waals surface area contributed by atoms with Crippen LogP contribution in [0.2, 0.25) is 0 Å². The van der Waals surface area contributed by atoms with Crippen molar-refractivity contribution in [2.75, 3.05) is 13.1 Å². The second-order valence-electron chi connectivity index (χ2n) is 6.68. The molecule has 4 rings (SSSR count). The van der Waals surface area contributed by atoms with Crippen LogP contribution in [0.15, 0.2) is 42.9 Å². The molecule has 8 heteroatoms. The van der Waals surface area contributed by atoms with E-state index in [1.807, 2.05) is 17.0 Å². The third kappa shape index (κ3) is 3.64. The number of rotatable bonds is 4. The zero-order chi connectivity index (χ0) is 18.8. The first-order valence-electron chi connectivity index (χ1n) is 8.85. The molecule has 2 aromatic heterocycles. The number of aliphatic carboxylic acids is 1. The van der Waals surface area contributed by atoms with Crippen molar-refractivity contribution < 1.29 is 14.7 Å². The van der Waals surface area contributed by atoms with E-state index in [0.717, 1.165) is 24.1 Å². The van der Waals surface area contributed by atoms with Crippen molar-refractivity contribution in [1.29, 1.82) is 0 Å². The van der Waals surface area contributed by atoms with E-state index < -0.39 is 5.97 Å². The molecule has 0 saturated carbocycles. The van der Waals surface area contributed by atoms with Gasteiger partial charge in [0.2, 0.25) is 0 Å². The van der Waals surface area contributed by atoms with Gasteiger partial charge in [-0.1, -0.05) is 0 Å². The zero-order valence-corrected chi connectivity index (χ0v) is 14.7. The number of hydrogen-bond donors (Lipinski definition) is 1. The summed E-state index contributed by atoms with van der Waals surface area (Å²) in [6.07, 6.45) is 6.72. The predicted octanol–water partition coefficient (Wildman–Crippen LogP) is 1.93. The van der Waals surface area contributed by atoms with Crippen molar-refractivity contribution >= 4 is 22.9 Å². The lowest BCUT2D eigenvalue weighted by molar-refractivity contribution is -0.137. The molecule has 0 aliphatic carbocycles. The number of aromatic nitrogens is 4. The summed E-state index contributed by atoms with van der Waals surface area (Å²) in [6, 6.07) is 7.21. The largest absolute Gasteiger partial charge is 0.480 e. The number of carbonyl (C=O) groups is 2. The minimum absolute atomic E-state index is 0.0304. The molecule has 0 bridgehead atoms. The van der Waals surface area contributed by atoms with Gasteiger partial charge < -0.3 is 10.0 Å². The smallest absolute Gasteiger partial charge is 0.325 e. The number of carboxylic acid groups (broad SMARTS) is 1. The first-order chi connectivity index (χ1) is 13.1. The van der Waals surface area contributed by atoms with Crippen LogP contribution in [0.1, 0.15) is 34.8 Å². The number of nitrogens with zero attached hydrogens (tertiary/aromatic N) is 5. The van der Waals surface area contributed by atoms with E-state index in [2.05, 4.69) is 15.1 Å². The summed E-state index contributed by atoms with van der Waals surface area (Å²) in [7, 11) is 0. The molecule has 1 amide bonds. The van der Waals surface area contributed by atoms with Gasteiger partial charge in [0.05, 0.1) is 16.7 Å². The van der Waals surface area contributed by atoms with Crippen LogP contribution >= 0.6 is 0 Å². The first kappa shape index (κ1) is 17.1. The van der Waals surface area contributed by atoms with Gasteiger partial charge in [0.15, 0.2) is 0 Å². The van der Waals surface area contributed by atoms with Crippen LogP contribution < -0.4 is 0 Å². The second kappa shape index (κ2) is 7.14. The maximum Gasteiger partial charge on any atom is 0.325 e. The second-order valence-corrected chi connectivity index (χ2v) is 6.68. The van der Waals surface area contributed by atoms with Crippen LogP contribution in [0.5, 0.6) is 0 Å². The molecule has 0 spiro atoms. The fraction of sp³-hybridized carbons (Fsp3) is 0.316. The lowest BCUT2D eigenvalue weighted by Crippen LogP contribution is -2.39. The minimum atomic E-state index is -0.926. The molecule has 3 aromatic rings. The van der Waals surface area contributed by atoms with E-state index in [4.69, 9.17) is 5.11 Å². The van der Waals surface area contributed by atoms with Gasteiger partial charge in [-0.2, -0.15) is 5.10 Å². The molecule has 1 fully saturated rings. The Morgan fingerprint density at radius 1 is 1.15 bits per heavy atom. The van der Waals surface area contributed by atoms with Crippen molar-refractivity contribution in [2.45, 2.75) is 25.3 Å². The molecule has 0 radical (unpaired) electrons. The van der Waals surface area contributed by atoms with Crippen LogP contribution in [0.3, 0.4) is 0 Å². The quantitative estimate of drug-likeness (QED) is 0.758. The van der Waals surface area contributed by atoms with Crippen molar-refractivity contribution in [3.8, 4) is 0 Å². The van der Waals surface area contributed by atoms with E-state index in [9.17, 15) is 9.59 Å². The summed E-state index contributed by atoms with van der Waals surface area (Å²) in [5.41, 5.74) is 2.89. The molecule has 1 atom stereocenters. The van der Waals surface area contributed by atoms with Crippen molar-refractivity contribution in [1.82, 2.24) is 24.6 Å². The number of benzene rings is 1. The molecule has 1 unspecified atom stereocenters. The Hall–Kier alpha value is -3.29. The summed E-state index contributed by atoms with van der Waals surface area (Å²) in [5.74, 6) is -0.847. The standard InChI is InChI=1S/C19H19N5O3/c25-18(26)12-24-9-5-15(22-24)14-2-1-8-23(11-14)19(27)13-3-4-16-17(10-13)21-7-6-20-16/h3-7,9-10,14H,1-2,8,11-12H2,(H,25,26). The van der Waals surface area contributed by atoms with Crippen LogP contribution in [-0.4, -0.2) is 54.7 Å². The molecular formula is C19H19N5O3. The number of amides is 1. The van der Waals surface area contributed by atoms with E-state index in [-0.39, 0.29) is 18.4 Å². The van der Waals surface area contributed by atoms with Crippen LogP contribution in [-0.2, 0) is 11.3 Å². The topological polar surface area (TPSA) is 101 Å². The van der Waals surface area contributed by atoms with E-state index >= 15 is 0 Å². The SMILES string of the molecule is O=C(O)Cn1ccc(C2CCCN(C(=O)c3ccc4nccnc4c3)C2)n1. The number of hydrogen-bond acceptors (Lipinski definition) is 5. The lowest BCUT2D eigenvalue weighted by atomic mass is 9.94. The number of fused-ring (bicyclic) bond motifs is 1. The molecule has 1 N–H and O–H groups in total. The van der Waals surface area contributed by atoms with Gasteiger partial charge >= 0.3 is 5.97 Å². The number of piperidine rings is 1. The minimum Gasteiger partial charge on any atom is -0.480 e. The van der Waals surface area contributed by atoms with Crippen LogP contribution in [0, 0.1) is 0 Å². The van der Waals surface area contributed by atoms with Crippen molar-refractivity contribution in [3.63, 3.8) is 0 Å². The zero-order valence-electron chi connectivity index (χ0n) is 14.7. The van der Waals surface area contributed by atoms with Crippen molar-refractivity contribution in [3.05, 3.63) is 54.1 Å². The predicted molar refractivity (Wildman–Crippen MR) is 97.3 cm³/mol. The molecule has 1 aliphatic rings. The van der Waals surface area contributed by atoms with E-state index in [1.54, 1.807) is 30.7 Å². The van der Waals surface area contributed by atoms with Gasteiger partial charge in [-0.25, -0.2) is 0 Å². The van der Waals surface area contributed by atoms with Gasteiger partial charge in [-0.15, -0.1) is 0 Å². The Morgan fingerprint density at radius 2 is 1.96 bits per heavy atom. The summed E-state index contributed by atoms with van der Waals surface area (Å²) < 4.78 is 1.42. The summed E-state index contributed by atoms with van der Waals surface area (Å²) in [6.45, 7) is 1.11. The fourth-order valence-corrected chi connectivity index (χ4v) is 3.50. The molecule has 27 heavy (non-hydrogen) atoms. The monoisotopic (exact) mass is 365 g/mol. The van der Waals surface area contributed by atoms with Gasteiger partial charge in [0, 0.05) is 43.2 Å². The van der Waals surface area contributed by atoms with Crippen molar-refractivity contribution in [2.24, 2.45) is 0 Å². The summed E-state index contributed by atoms with van der Waals surface area (Å²) >= 11 is 0. The highest BCUT2D eigenvalue weighted by molar-refractivity contribution is 5.97. The molecular weight excluding hydrogens is 346 g/mol. The summed E-state index contributed by atoms with van der Waals surface area (Å²) in [4.78, 5) is 34.1.